The summed E-state index contributed by atoms with van der Waals surface area (Å²) in [7, 11) is 0. The van der Waals surface area contributed by atoms with Crippen LogP contribution in [0.15, 0.2) is 24.3 Å². The van der Waals surface area contributed by atoms with Crippen LogP contribution in [0.3, 0.4) is 0 Å². The number of nitrogens with one attached hydrogen (secondary N) is 1. The van der Waals surface area contributed by atoms with Crippen molar-refractivity contribution in [3.8, 4) is 0 Å². The maximum Gasteiger partial charge on any atom is 0.360 e. The van der Waals surface area contributed by atoms with Crippen molar-refractivity contribution in [2.45, 2.75) is 38.5 Å². The van der Waals surface area contributed by atoms with Crippen LogP contribution in [0.2, 0.25) is 0 Å². The smallest absolute Gasteiger partial charge is 0.360 e. The van der Waals surface area contributed by atoms with Crippen LogP contribution in [0, 0.1) is 0 Å². The highest BCUT2D eigenvalue weighted by Gasteiger charge is 2.35. The highest BCUT2D eigenvalue weighted by molar-refractivity contribution is 7.98. The van der Waals surface area contributed by atoms with Crippen molar-refractivity contribution in [2.24, 2.45) is 0 Å². The molecular formula is C19H24N4O3S. The third-order valence-electron chi connectivity index (χ3n) is 4.55. The number of H-pyrrole nitrogens is 1. The van der Waals surface area contributed by atoms with Gasteiger partial charge in [-0.25, -0.2) is 4.79 Å². The Balaban J connectivity index is 1.77. The van der Waals surface area contributed by atoms with Crippen molar-refractivity contribution in [1.82, 2.24) is 20.3 Å². The summed E-state index contributed by atoms with van der Waals surface area (Å²) in [5.41, 5.74) is 2.49. The number of ether oxygens (including phenoxy) is 1. The highest BCUT2D eigenvalue weighted by Crippen LogP contribution is 2.33. The van der Waals surface area contributed by atoms with Crippen LogP contribution in [-0.2, 0) is 10.5 Å². The van der Waals surface area contributed by atoms with Crippen molar-refractivity contribution in [3.05, 3.63) is 46.8 Å². The average molecular weight is 388 g/mol. The van der Waals surface area contributed by atoms with Crippen LogP contribution < -0.4 is 0 Å². The van der Waals surface area contributed by atoms with Gasteiger partial charge in [0.25, 0.3) is 5.91 Å². The molecule has 1 atom stereocenters. The van der Waals surface area contributed by atoms with Crippen LogP contribution >= 0.6 is 11.8 Å². The molecule has 1 aliphatic heterocycles. The number of carbonyl (C=O) groups is 2. The Hall–Kier alpha value is -2.35. The number of hydrogen-bond donors (Lipinski definition) is 1. The number of aromatic nitrogens is 3. The van der Waals surface area contributed by atoms with Crippen LogP contribution in [-0.4, -0.2) is 51.1 Å². The van der Waals surface area contributed by atoms with Crippen molar-refractivity contribution in [1.29, 1.82) is 0 Å². The van der Waals surface area contributed by atoms with Crippen molar-refractivity contribution < 1.29 is 14.3 Å². The average Bonchev–Trinajstić information content (AvgIpc) is 3.35. The molecular weight excluding hydrogens is 364 g/mol. The largest absolute Gasteiger partial charge is 0.461 e. The number of likely N-dealkylation sites (tertiary alicyclic amines) is 1. The molecule has 2 aromatic rings. The van der Waals surface area contributed by atoms with E-state index in [1.54, 1.807) is 11.8 Å². The Labute approximate surface area is 162 Å². The molecule has 1 aromatic carbocycles. The molecule has 1 saturated heterocycles. The Bertz CT molecular complexity index is 791. The van der Waals surface area contributed by atoms with E-state index in [0.29, 0.717) is 17.8 Å². The summed E-state index contributed by atoms with van der Waals surface area (Å²) < 4.78 is 5.05. The molecule has 8 heteroatoms. The lowest BCUT2D eigenvalue weighted by Crippen LogP contribution is -2.31. The molecule has 1 aliphatic rings. The van der Waals surface area contributed by atoms with Gasteiger partial charge in [0.05, 0.1) is 12.6 Å². The van der Waals surface area contributed by atoms with Gasteiger partial charge in [0.2, 0.25) is 0 Å². The molecule has 2 heterocycles. The third-order valence-corrected chi connectivity index (χ3v) is 5.49. The van der Waals surface area contributed by atoms with Crippen LogP contribution in [0.4, 0.5) is 0 Å². The van der Waals surface area contributed by atoms with Gasteiger partial charge in [0.1, 0.15) is 5.69 Å². The minimum Gasteiger partial charge on any atom is -0.461 e. The molecule has 3 rings (SSSR count). The van der Waals surface area contributed by atoms with Gasteiger partial charge in [-0.15, -0.1) is 5.10 Å². The van der Waals surface area contributed by atoms with Crippen molar-refractivity contribution in [2.75, 3.05) is 18.9 Å². The van der Waals surface area contributed by atoms with Gasteiger partial charge in [0, 0.05) is 17.9 Å². The molecule has 0 spiro atoms. The number of carbonyl (C=O) groups excluding carboxylic acids is 2. The maximum absolute atomic E-state index is 13.0. The van der Waals surface area contributed by atoms with E-state index >= 15 is 0 Å². The van der Waals surface area contributed by atoms with Gasteiger partial charge in [-0.05, 0) is 43.2 Å². The first-order valence-electron chi connectivity index (χ1n) is 9.21. The minimum atomic E-state index is -0.515. The van der Waals surface area contributed by atoms with Gasteiger partial charge in [-0.2, -0.15) is 22.1 Å². The molecule has 0 radical (unpaired) electrons. The summed E-state index contributed by atoms with van der Waals surface area (Å²) in [5, 5.41) is 10.6. The highest BCUT2D eigenvalue weighted by atomic mass is 32.2. The second-order valence-electron chi connectivity index (χ2n) is 6.27. The Kier molecular flexibility index (Phi) is 6.49. The van der Waals surface area contributed by atoms with Gasteiger partial charge in [0.15, 0.2) is 5.69 Å². The van der Waals surface area contributed by atoms with Gasteiger partial charge < -0.3 is 9.64 Å². The zero-order chi connectivity index (χ0) is 19.2. The molecule has 27 heavy (non-hydrogen) atoms. The molecule has 144 valence electrons. The van der Waals surface area contributed by atoms with Gasteiger partial charge in [-0.1, -0.05) is 19.1 Å². The van der Waals surface area contributed by atoms with Gasteiger partial charge in [-0.3, -0.25) is 4.79 Å². The van der Waals surface area contributed by atoms with E-state index in [1.807, 2.05) is 36.0 Å². The first-order valence-corrected chi connectivity index (χ1v) is 10.4. The molecule has 7 nitrogen and oxygen atoms in total. The predicted molar refractivity (Wildman–Crippen MR) is 104 cm³/mol. The second kappa shape index (κ2) is 9.03. The fourth-order valence-corrected chi connectivity index (χ4v) is 3.88. The number of thioether (sulfide) groups is 1. The number of amides is 1. The first-order chi connectivity index (χ1) is 13.2. The molecule has 1 N–H and O–H groups in total. The number of hydrogen-bond acceptors (Lipinski definition) is 6. The molecule has 1 unspecified atom stereocenters. The lowest BCUT2D eigenvalue weighted by molar-refractivity contribution is 0.0512. The number of rotatable bonds is 7. The second-order valence-corrected chi connectivity index (χ2v) is 7.54. The molecule has 1 fully saturated rings. The number of benzene rings is 1. The SMILES string of the molecule is CCOC(=O)c1n[nH]nc1C1CCCN1C(=O)c1ccc(CSCC)cc1. The Morgan fingerprint density at radius 2 is 2.04 bits per heavy atom. The summed E-state index contributed by atoms with van der Waals surface area (Å²) in [6, 6.07) is 7.48. The van der Waals surface area contributed by atoms with Crippen LogP contribution in [0.5, 0.6) is 0 Å². The lowest BCUT2D eigenvalue weighted by Gasteiger charge is -2.23. The summed E-state index contributed by atoms with van der Waals surface area (Å²) >= 11 is 1.85. The van der Waals surface area contributed by atoms with Crippen molar-refractivity contribution >= 4 is 23.6 Å². The van der Waals surface area contributed by atoms with Crippen LogP contribution in [0.25, 0.3) is 0 Å². The Morgan fingerprint density at radius 1 is 1.26 bits per heavy atom. The summed E-state index contributed by atoms with van der Waals surface area (Å²) in [6.45, 7) is 4.77. The first kappa shape index (κ1) is 19.4. The summed E-state index contributed by atoms with van der Waals surface area (Å²) in [5.74, 6) is 1.44. The zero-order valence-corrected chi connectivity index (χ0v) is 16.4. The van der Waals surface area contributed by atoms with E-state index in [0.717, 1.165) is 24.3 Å². The fourth-order valence-electron chi connectivity index (χ4n) is 3.24. The third kappa shape index (κ3) is 4.32. The molecule has 1 aromatic heterocycles. The van der Waals surface area contributed by atoms with E-state index in [-0.39, 0.29) is 24.2 Å². The molecule has 0 bridgehead atoms. The monoisotopic (exact) mass is 388 g/mol. The number of nitrogens with zero attached hydrogens (tertiary/aromatic N) is 3. The fraction of sp³-hybridized carbons (Fsp3) is 0.474. The molecule has 0 saturated carbocycles. The molecule has 1 amide bonds. The van der Waals surface area contributed by atoms with E-state index in [4.69, 9.17) is 4.74 Å². The summed E-state index contributed by atoms with van der Waals surface area (Å²) in [4.78, 5) is 26.9. The number of aromatic amines is 1. The maximum atomic E-state index is 13.0. The topological polar surface area (TPSA) is 88.2 Å². The van der Waals surface area contributed by atoms with E-state index < -0.39 is 5.97 Å². The van der Waals surface area contributed by atoms with Gasteiger partial charge >= 0.3 is 5.97 Å². The zero-order valence-electron chi connectivity index (χ0n) is 15.6. The Morgan fingerprint density at radius 3 is 2.74 bits per heavy atom. The van der Waals surface area contributed by atoms with Crippen molar-refractivity contribution in [3.63, 3.8) is 0 Å². The predicted octanol–water partition coefficient (Wildman–Crippen LogP) is 3.21. The minimum absolute atomic E-state index is 0.0509. The normalized spacial score (nSPS) is 16.5. The van der Waals surface area contributed by atoms with E-state index in [2.05, 4.69) is 22.3 Å². The van der Waals surface area contributed by atoms with E-state index in [1.165, 1.54) is 5.56 Å². The standard InChI is InChI=1S/C19H24N4O3S/c1-3-26-19(25)17-16(20-22-21-17)15-6-5-11-23(15)18(24)14-9-7-13(8-10-14)12-27-4-2/h7-10,15H,3-6,11-12H2,1-2H3,(H,20,21,22). The quantitative estimate of drug-likeness (QED) is 0.733. The van der Waals surface area contributed by atoms with E-state index in [9.17, 15) is 9.59 Å². The number of esters is 1. The molecule has 0 aliphatic carbocycles. The van der Waals surface area contributed by atoms with Crippen LogP contribution in [0.1, 0.15) is 64.8 Å². The lowest BCUT2D eigenvalue weighted by atomic mass is 10.1. The summed E-state index contributed by atoms with van der Waals surface area (Å²) in [6.07, 6.45) is 1.60.